The molecular formula is C41H29N3. The van der Waals surface area contributed by atoms with E-state index in [9.17, 15) is 0 Å². The Labute approximate surface area is 256 Å². The van der Waals surface area contributed by atoms with E-state index in [1.165, 1.54) is 21.9 Å². The van der Waals surface area contributed by atoms with Crippen molar-refractivity contribution < 1.29 is 0 Å². The number of imidazole rings is 1. The molecule has 0 unspecified atom stereocenters. The van der Waals surface area contributed by atoms with Gasteiger partial charge in [-0.05, 0) is 83.1 Å². The van der Waals surface area contributed by atoms with E-state index < -0.39 is 0 Å². The maximum Gasteiger partial charge on any atom is 0.145 e. The zero-order valence-corrected chi connectivity index (χ0v) is 24.1. The minimum Gasteiger partial charge on any atom is -0.310 e. The number of hydrogen-bond donors (Lipinski definition) is 0. The number of nitrogens with zero attached hydrogens (tertiary/aromatic N) is 3. The van der Waals surface area contributed by atoms with Crippen LogP contribution in [0.5, 0.6) is 0 Å². The van der Waals surface area contributed by atoms with Gasteiger partial charge in [0.15, 0.2) is 0 Å². The van der Waals surface area contributed by atoms with Gasteiger partial charge in [0, 0.05) is 28.2 Å². The molecule has 3 heteroatoms. The molecule has 8 rings (SSSR count). The van der Waals surface area contributed by atoms with Crippen molar-refractivity contribution in [1.82, 2.24) is 9.55 Å². The summed E-state index contributed by atoms with van der Waals surface area (Å²) in [5, 5.41) is 2.45. The molecule has 1 aromatic heterocycles. The predicted molar refractivity (Wildman–Crippen MR) is 184 cm³/mol. The van der Waals surface area contributed by atoms with Crippen LogP contribution in [0.3, 0.4) is 0 Å². The molecule has 44 heavy (non-hydrogen) atoms. The van der Waals surface area contributed by atoms with Crippen LogP contribution in [0.2, 0.25) is 0 Å². The molecule has 0 bridgehead atoms. The summed E-state index contributed by atoms with van der Waals surface area (Å²) in [5.74, 6) is 0.915. The standard InChI is InChI=1S/C41H29N3/c1-3-14-31(15-4-1)37-19-9-11-21-39(37)44-40-22-12-10-20-38(40)42-41(44)32-24-26-35(27-25-32)43(34-17-5-2-6-18-34)36-28-23-30-13-7-8-16-33(30)29-36/h1-29H. The molecule has 0 aliphatic rings. The number of benzene rings is 7. The van der Waals surface area contributed by atoms with E-state index in [1.807, 2.05) is 0 Å². The molecule has 208 valence electrons. The van der Waals surface area contributed by atoms with Crippen molar-refractivity contribution in [2.24, 2.45) is 0 Å². The minimum atomic E-state index is 0.915. The Morgan fingerprint density at radius 1 is 0.432 bits per heavy atom. The van der Waals surface area contributed by atoms with Gasteiger partial charge in [0.25, 0.3) is 0 Å². The summed E-state index contributed by atoms with van der Waals surface area (Å²) >= 11 is 0. The van der Waals surface area contributed by atoms with Crippen LogP contribution in [0.1, 0.15) is 0 Å². The van der Waals surface area contributed by atoms with Gasteiger partial charge in [-0.1, -0.05) is 109 Å². The van der Waals surface area contributed by atoms with Crippen molar-refractivity contribution in [1.29, 1.82) is 0 Å². The molecule has 3 nitrogen and oxygen atoms in total. The molecule has 0 aliphatic carbocycles. The highest BCUT2D eigenvalue weighted by Gasteiger charge is 2.18. The van der Waals surface area contributed by atoms with E-state index in [1.54, 1.807) is 0 Å². The third-order valence-corrected chi connectivity index (χ3v) is 8.18. The summed E-state index contributed by atoms with van der Waals surface area (Å²) < 4.78 is 2.30. The minimum absolute atomic E-state index is 0.915. The van der Waals surface area contributed by atoms with Gasteiger partial charge in [-0.25, -0.2) is 4.98 Å². The first kappa shape index (κ1) is 25.8. The summed E-state index contributed by atoms with van der Waals surface area (Å²) in [6.07, 6.45) is 0. The maximum absolute atomic E-state index is 5.17. The molecule has 0 radical (unpaired) electrons. The second-order valence-corrected chi connectivity index (χ2v) is 10.9. The number of rotatable bonds is 6. The van der Waals surface area contributed by atoms with Crippen LogP contribution in [0.4, 0.5) is 17.1 Å². The topological polar surface area (TPSA) is 21.1 Å². The Bertz CT molecular complexity index is 2220. The Morgan fingerprint density at radius 2 is 1.05 bits per heavy atom. The Morgan fingerprint density at radius 3 is 1.86 bits per heavy atom. The van der Waals surface area contributed by atoms with Gasteiger partial charge >= 0.3 is 0 Å². The van der Waals surface area contributed by atoms with Gasteiger partial charge in [0.05, 0.1) is 16.7 Å². The molecule has 0 spiro atoms. The molecule has 0 N–H and O–H groups in total. The molecule has 0 fully saturated rings. The molecular weight excluding hydrogens is 534 g/mol. The lowest BCUT2D eigenvalue weighted by molar-refractivity contribution is 1.10. The van der Waals surface area contributed by atoms with Crippen LogP contribution >= 0.6 is 0 Å². The third kappa shape index (κ3) is 4.61. The van der Waals surface area contributed by atoms with Crippen LogP contribution < -0.4 is 4.90 Å². The fourth-order valence-corrected chi connectivity index (χ4v) is 6.09. The van der Waals surface area contributed by atoms with Gasteiger partial charge in [0.2, 0.25) is 0 Å². The Hall–Kier alpha value is -5.93. The Kier molecular flexibility index (Phi) is 6.47. The second-order valence-electron chi connectivity index (χ2n) is 10.9. The van der Waals surface area contributed by atoms with E-state index in [4.69, 9.17) is 4.98 Å². The Balaban J connectivity index is 1.27. The van der Waals surface area contributed by atoms with Crippen molar-refractivity contribution in [3.05, 3.63) is 176 Å². The molecule has 0 saturated carbocycles. The van der Waals surface area contributed by atoms with Crippen molar-refractivity contribution in [3.8, 4) is 28.2 Å². The third-order valence-electron chi connectivity index (χ3n) is 8.18. The van der Waals surface area contributed by atoms with Gasteiger partial charge in [-0.2, -0.15) is 0 Å². The smallest absolute Gasteiger partial charge is 0.145 e. The number of fused-ring (bicyclic) bond motifs is 2. The molecule has 0 aliphatic heterocycles. The van der Waals surface area contributed by atoms with E-state index >= 15 is 0 Å². The first-order valence-corrected chi connectivity index (χ1v) is 14.9. The summed E-state index contributed by atoms with van der Waals surface area (Å²) in [6, 6.07) is 62.0. The molecule has 0 saturated heterocycles. The van der Waals surface area contributed by atoms with Gasteiger partial charge in [0.1, 0.15) is 5.82 Å². The number of para-hydroxylation sites is 4. The van der Waals surface area contributed by atoms with Crippen molar-refractivity contribution >= 4 is 38.9 Å². The first-order chi connectivity index (χ1) is 21.8. The fourth-order valence-electron chi connectivity index (χ4n) is 6.09. The monoisotopic (exact) mass is 563 g/mol. The summed E-state index contributed by atoms with van der Waals surface area (Å²) in [4.78, 5) is 7.48. The lowest BCUT2D eigenvalue weighted by Crippen LogP contribution is -2.09. The van der Waals surface area contributed by atoms with Gasteiger partial charge < -0.3 is 4.90 Å². The van der Waals surface area contributed by atoms with Crippen LogP contribution in [0.25, 0.3) is 50.0 Å². The maximum atomic E-state index is 5.17. The highest BCUT2D eigenvalue weighted by Crippen LogP contribution is 2.38. The van der Waals surface area contributed by atoms with Crippen molar-refractivity contribution in [2.75, 3.05) is 4.90 Å². The molecule has 0 atom stereocenters. The zero-order chi connectivity index (χ0) is 29.3. The molecule has 7 aromatic carbocycles. The quantitative estimate of drug-likeness (QED) is 0.201. The van der Waals surface area contributed by atoms with Gasteiger partial charge in [-0.15, -0.1) is 0 Å². The highest BCUT2D eigenvalue weighted by atomic mass is 15.1. The zero-order valence-electron chi connectivity index (χ0n) is 24.1. The predicted octanol–water partition coefficient (Wildman–Crippen LogP) is 11.0. The molecule has 8 aromatic rings. The van der Waals surface area contributed by atoms with Crippen LogP contribution in [-0.4, -0.2) is 9.55 Å². The highest BCUT2D eigenvalue weighted by molar-refractivity contribution is 5.90. The molecule has 1 heterocycles. The fraction of sp³-hybridized carbons (Fsp3) is 0. The van der Waals surface area contributed by atoms with Gasteiger partial charge in [-0.3, -0.25) is 4.57 Å². The van der Waals surface area contributed by atoms with E-state index in [0.717, 1.165) is 45.2 Å². The summed E-state index contributed by atoms with van der Waals surface area (Å²) in [7, 11) is 0. The summed E-state index contributed by atoms with van der Waals surface area (Å²) in [6.45, 7) is 0. The number of hydrogen-bond acceptors (Lipinski definition) is 2. The van der Waals surface area contributed by atoms with Crippen LogP contribution in [0.15, 0.2) is 176 Å². The van der Waals surface area contributed by atoms with E-state index in [0.29, 0.717) is 0 Å². The SMILES string of the molecule is c1ccc(-c2ccccc2-n2c(-c3ccc(N(c4ccccc4)c4ccc5ccccc5c4)cc3)nc3ccccc32)cc1. The van der Waals surface area contributed by atoms with Crippen LogP contribution in [0, 0.1) is 0 Å². The lowest BCUT2D eigenvalue weighted by Gasteiger charge is -2.26. The average molecular weight is 564 g/mol. The average Bonchev–Trinajstić information content (AvgIpc) is 3.49. The van der Waals surface area contributed by atoms with Crippen molar-refractivity contribution in [2.45, 2.75) is 0 Å². The summed E-state index contributed by atoms with van der Waals surface area (Å²) in [5.41, 5.74) is 9.87. The number of aromatic nitrogens is 2. The first-order valence-electron chi connectivity index (χ1n) is 14.9. The van der Waals surface area contributed by atoms with E-state index in [2.05, 4.69) is 185 Å². The van der Waals surface area contributed by atoms with E-state index in [-0.39, 0.29) is 0 Å². The van der Waals surface area contributed by atoms with Crippen molar-refractivity contribution in [3.63, 3.8) is 0 Å². The molecule has 0 amide bonds. The normalized spacial score (nSPS) is 11.2. The largest absolute Gasteiger partial charge is 0.310 e. The van der Waals surface area contributed by atoms with Crippen LogP contribution in [-0.2, 0) is 0 Å². The second kappa shape index (κ2) is 11.0. The lowest BCUT2D eigenvalue weighted by atomic mass is 10.0. The number of anilines is 3.